The van der Waals surface area contributed by atoms with Crippen LogP contribution < -0.4 is 0 Å². The molecule has 1 rings (SSSR count). The number of hydrogen-bond donors (Lipinski definition) is 0. The summed E-state index contributed by atoms with van der Waals surface area (Å²) in [5.41, 5.74) is 2.27. The van der Waals surface area contributed by atoms with Gasteiger partial charge in [-0.1, -0.05) is 24.0 Å². The van der Waals surface area contributed by atoms with E-state index in [1.54, 1.807) is 7.11 Å². The summed E-state index contributed by atoms with van der Waals surface area (Å²) in [4.78, 5) is 0. The average molecular weight is 209 g/mol. The van der Waals surface area contributed by atoms with E-state index in [9.17, 15) is 0 Å². The lowest BCUT2D eigenvalue weighted by Gasteiger charge is -1.99. The highest BCUT2D eigenvalue weighted by molar-refractivity contribution is 6.19. The molecule has 0 N–H and O–H groups in total. The highest BCUT2D eigenvalue weighted by atomic mass is 35.5. The summed E-state index contributed by atoms with van der Waals surface area (Å²) >= 11 is 5.46. The minimum atomic E-state index is 0.380. The quantitative estimate of drug-likeness (QED) is 0.548. The maximum Gasteiger partial charge on any atom is 0.0839 e. The Morgan fingerprint density at radius 2 is 2.00 bits per heavy atom. The zero-order valence-corrected chi connectivity index (χ0v) is 8.97. The van der Waals surface area contributed by atoms with Gasteiger partial charge in [-0.05, 0) is 24.1 Å². The number of halogens is 1. The topological polar surface area (TPSA) is 9.23 Å². The monoisotopic (exact) mass is 208 g/mol. The van der Waals surface area contributed by atoms with Crippen molar-refractivity contribution < 1.29 is 4.74 Å². The molecule has 0 amide bonds. The van der Waals surface area contributed by atoms with Crippen LogP contribution in [0.2, 0.25) is 0 Å². The molecule has 0 atom stereocenters. The molecule has 1 aromatic carbocycles. The lowest BCUT2D eigenvalue weighted by atomic mass is 10.1. The third-order valence-electron chi connectivity index (χ3n) is 1.85. The fourth-order valence-corrected chi connectivity index (χ4v) is 1.18. The number of benzene rings is 1. The molecule has 1 nitrogen and oxygen atoms in total. The van der Waals surface area contributed by atoms with Crippen molar-refractivity contribution in [2.24, 2.45) is 0 Å². The van der Waals surface area contributed by atoms with Gasteiger partial charge < -0.3 is 4.74 Å². The fraction of sp³-hybridized carbons (Fsp3) is 0.333. The first-order valence-corrected chi connectivity index (χ1v) is 5.03. The predicted molar refractivity (Wildman–Crippen MR) is 59.6 cm³/mol. The molecule has 0 radical (unpaired) electrons. The summed E-state index contributed by atoms with van der Waals surface area (Å²) in [5, 5.41) is 0. The van der Waals surface area contributed by atoms with Gasteiger partial charge in [0.05, 0.1) is 12.5 Å². The SMILES string of the molecule is COCCc1ccc(C#CCCl)cc1. The Kier molecular flexibility index (Phi) is 5.14. The fourth-order valence-electron chi connectivity index (χ4n) is 1.11. The van der Waals surface area contributed by atoms with Gasteiger partial charge >= 0.3 is 0 Å². The van der Waals surface area contributed by atoms with Gasteiger partial charge in [0.25, 0.3) is 0 Å². The Bertz CT molecular complexity index is 318. The van der Waals surface area contributed by atoms with Crippen LogP contribution in [0.1, 0.15) is 11.1 Å². The molecule has 0 aliphatic heterocycles. The maximum absolute atomic E-state index is 5.46. The Morgan fingerprint density at radius 1 is 1.29 bits per heavy atom. The Hall–Kier alpha value is -0.970. The largest absolute Gasteiger partial charge is 0.384 e. The Labute approximate surface area is 90.0 Å². The molecule has 14 heavy (non-hydrogen) atoms. The van der Waals surface area contributed by atoms with Crippen LogP contribution in [0.3, 0.4) is 0 Å². The van der Waals surface area contributed by atoms with Crippen molar-refractivity contribution in [3.8, 4) is 11.8 Å². The lowest BCUT2D eigenvalue weighted by Crippen LogP contribution is -1.93. The molecule has 0 saturated heterocycles. The first-order valence-electron chi connectivity index (χ1n) is 4.49. The molecule has 0 bridgehead atoms. The van der Waals surface area contributed by atoms with Crippen molar-refractivity contribution in [3.63, 3.8) is 0 Å². The maximum atomic E-state index is 5.46. The molecule has 0 aliphatic carbocycles. The molecule has 2 heteroatoms. The molecule has 0 fully saturated rings. The number of ether oxygens (including phenoxy) is 1. The summed E-state index contributed by atoms with van der Waals surface area (Å²) in [5.74, 6) is 6.16. The Morgan fingerprint density at radius 3 is 2.57 bits per heavy atom. The Balaban J connectivity index is 2.59. The summed E-state index contributed by atoms with van der Waals surface area (Å²) in [6.45, 7) is 0.757. The minimum Gasteiger partial charge on any atom is -0.384 e. The van der Waals surface area contributed by atoms with Gasteiger partial charge in [0.1, 0.15) is 0 Å². The van der Waals surface area contributed by atoms with E-state index >= 15 is 0 Å². The van der Waals surface area contributed by atoms with Crippen molar-refractivity contribution in [1.29, 1.82) is 0 Å². The second-order valence-electron chi connectivity index (χ2n) is 2.88. The van der Waals surface area contributed by atoms with E-state index in [1.165, 1.54) is 5.56 Å². The first-order chi connectivity index (χ1) is 6.86. The molecule has 0 aromatic heterocycles. The molecule has 0 spiro atoms. The third-order valence-corrected chi connectivity index (χ3v) is 1.98. The van der Waals surface area contributed by atoms with Gasteiger partial charge in [-0.15, -0.1) is 11.6 Å². The highest BCUT2D eigenvalue weighted by Crippen LogP contribution is 2.04. The number of hydrogen-bond acceptors (Lipinski definition) is 1. The lowest BCUT2D eigenvalue weighted by molar-refractivity contribution is 0.202. The molecule has 0 heterocycles. The van der Waals surface area contributed by atoms with E-state index in [1.807, 2.05) is 12.1 Å². The van der Waals surface area contributed by atoms with Gasteiger partial charge in [-0.3, -0.25) is 0 Å². The third kappa shape index (κ3) is 3.83. The van der Waals surface area contributed by atoms with Gasteiger partial charge in [-0.25, -0.2) is 0 Å². The van der Waals surface area contributed by atoms with Gasteiger partial charge in [0.15, 0.2) is 0 Å². The van der Waals surface area contributed by atoms with E-state index in [0.29, 0.717) is 5.88 Å². The second kappa shape index (κ2) is 6.48. The standard InChI is InChI=1S/C12H13ClO/c1-14-10-8-12-6-4-11(5-7-12)3-2-9-13/h4-7H,8-10H2,1H3. The van der Waals surface area contributed by atoms with Crippen LogP contribution in [0.5, 0.6) is 0 Å². The number of rotatable bonds is 3. The second-order valence-corrected chi connectivity index (χ2v) is 3.14. The molecule has 74 valence electrons. The van der Waals surface area contributed by atoms with Crippen LogP contribution >= 0.6 is 11.6 Å². The van der Waals surface area contributed by atoms with Crippen LogP contribution in [-0.4, -0.2) is 19.6 Å². The van der Waals surface area contributed by atoms with Crippen molar-refractivity contribution in [3.05, 3.63) is 35.4 Å². The number of alkyl halides is 1. The van der Waals surface area contributed by atoms with E-state index in [2.05, 4.69) is 24.0 Å². The normalized spacial score (nSPS) is 9.29. The summed E-state index contributed by atoms with van der Waals surface area (Å²) in [7, 11) is 1.71. The van der Waals surface area contributed by atoms with Crippen molar-refractivity contribution in [1.82, 2.24) is 0 Å². The van der Waals surface area contributed by atoms with Gasteiger partial charge in [0.2, 0.25) is 0 Å². The summed E-state index contributed by atoms with van der Waals surface area (Å²) < 4.78 is 5.00. The minimum absolute atomic E-state index is 0.380. The van der Waals surface area contributed by atoms with E-state index in [0.717, 1.165) is 18.6 Å². The molecule has 0 aliphatic rings. The van der Waals surface area contributed by atoms with Gasteiger partial charge in [0, 0.05) is 12.7 Å². The van der Waals surface area contributed by atoms with Crippen molar-refractivity contribution in [2.75, 3.05) is 19.6 Å². The van der Waals surface area contributed by atoms with E-state index in [-0.39, 0.29) is 0 Å². The van der Waals surface area contributed by atoms with Crippen LogP contribution in [0.25, 0.3) is 0 Å². The van der Waals surface area contributed by atoms with Gasteiger partial charge in [-0.2, -0.15) is 0 Å². The van der Waals surface area contributed by atoms with Crippen LogP contribution in [-0.2, 0) is 11.2 Å². The average Bonchev–Trinajstić information content (AvgIpc) is 2.25. The predicted octanol–water partition coefficient (Wildman–Crippen LogP) is 2.47. The van der Waals surface area contributed by atoms with E-state index < -0.39 is 0 Å². The van der Waals surface area contributed by atoms with Crippen LogP contribution in [0.15, 0.2) is 24.3 Å². The highest BCUT2D eigenvalue weighted by Gasteiger charge is 1.92. The molecule has 0 saturated carbocycles. The molecular formula is C12H13ClO. The zero-order valence-electron chi connectivity index (χ0n) is 8.22. The van der Waals surface area contributed by atoms with E-state index in [4.69, 9.17) is 16.3 Å². The summed E-state index contributed by atoms with van der Waals surface area (Å²) in [6.07, 6.45) is 0.944. The first kappa shape index (κ1) is 11.1. The number of methoxy groups -OCH3 is 1. The molecule has 0 unspecified atom stereocenters. The van der Waals surface area contributed by atoms with Crippen molar-refractivity contribution >= 4 is 11.6 Å². The van der Waals surface area contributed by atoms with Crippen LogP contribution in [0, 0.1) is 11.8 Å². The van der Waals surface area contributed by atoms with Crippen molar-refractivity contribution in [2.45, 2.75) is 6.42 Å². The zero-order chi connectivity index (χ0) is 10.2. The van der Waals surface area contributed by atoms with Crippen LogP contribution in [0.4, 0.5) is 0 Å². The smallest absolute Gasteiger partial charge is 0.0839 e. The molecule has 1 aromatic rings. The summed E-state index contributed by atoms with van der Waals surface area (Å²) in [6, 6.07) is 8.14. The molecular weight excluding hydrogens is 196 g/mol.